The third kappa shape index (κ3) is 7.80. The van der Waals surface area contributed by atoms with Crippen LogP contribution in [0.4, 0.5) is 0 Å². The van der Waals surface area contributed by atoms with Gasteiger partial charge in [-0.2, -0.15) is 0 Å². The van der Waals surface area contributed by atoms with Crippen LogP contribution < -0.4 is 5.32 Å². The molecule has 82 valence electrons. The van der Waals surface area contributed by atoms with Crippen LogP contribution in [0.25, 0.3) is 0 Å². The van der Waals surface area contributed by atoms with Gasteiger partial charge in [0.05, 0.1) is 0 Å². The zero-order valence-electron chi connectivity index (χ0n) is 9.01. The average molecular weight is 199 g/mol. The Bertz CT molecular complexity index is 178. The summed E-state index contributed by atoms with van der Waals surface area (Å²) in [4.78, 5) is 10.4. The van der Waals surface area contributed by atoms with Crippen molar-refractivity contribution in [2.45, 2.75) is 38.5 Å². The number of nitrogens with one attached hydrogen (secondary N) is 1. The van der Waals surface area contributed by atoms with E-state index in [1.165, 1.54) is 19.3 Å². The fourth-order valence-electron chi connectivity index (χ4n) is 1.28. The standard InChI is InChI=1S/C11H21NO2/c1-10(11(13)14)8-6-4-3-5-7-9-12-2/h12H,1,3-9H2,2H3,(H,13,14). The average Bonchev–Trinajstić information content (AvgIpc) is 2.16. The Morgan fingerprint density at radius 2 is 1.79 bits per heavy atom. The van der Waals surface area contributed by atoms with E-state index in [0.29, 0.717) is 12.0 Å². The minimum absolute atomic E-state index is 0.334. The molecule has 2 N–H and O–H groups in total. The van der Waals surface area contributed by atoms with Gasteiger partial charge in [-0.3, -0.25) is 0 Å². The van der Waals surface area contributed by atoms with Crippen LogP contribution in [0, 0.1) is 0 Å². The number of carboxylic acids is 1. The smallest absolute Gasteiger partial charge is 0.330 e. The van der Waals surface area contributed by atoms with Crippen LogP contribution in [-0.2, 0) is 4.79 Å². The maximum Gasteiger partial charge on any atom is 0.330 e. The summed E-state index contributed by atoms with van der Waals surface area (Å²) in [5.74, 6) is -0.861. The van der Waals surface area contributed by atoms with Gasteiger partial charge in [0, 0.05) is 5.57 Å². The molecule has 0 saturated heterocycles. The van der Waals surface area contributed by atoms with E-state index in [9.17, 15) is 4.79 Å². The molecule has 0 saturated carbocycles. The number of aliphatic carboxylic acids is 1. The molecule has 0 amide bonds. The van der Waals surface area contributed by atoms with Crippen molar-refractivity contribution in [3.05, 3.63) is 12.2 Å². The molecule has 3 heteroatoms. The first kappa shape index (κ1) is 13.2. The van der Waals surface area contributed by atoms with E-state index in [2.05, 4.69) is 11.9 Å². The first-order valence-corrected chi connectivity index (χ1v) is 5.24. The van der Waals surface area contributed by atoms with Gasteiger partial charge in [-0.25, -0.2) is 4.79 Å². The molecule has 0 heterocycles. The van der Waals surface area contributed by atoms with Crippen molar-refractivity contribution in [3.8, 4) is 0 Å². The van der Waals surface area contributed by atoms with Crippen LogP contribution in [0.2, 0.25) is 0 Å². The summed E-state index contributed by atoms with van der Waals surface area (Å²) in [6, 6.07) is 0. The molecule has 0 aliphatic heterocycles. The SMILES string of the molecule is C=C(CCCCCCCNC)C(=O)O. The number of hydrogen-bond donors (Lipinski definition) is 2. The molecule has 0 aromatic rings. The molecule has 0 aliphatic carbocycles. The summed E-state index contributed by atoms with van der Waals surface area (Å²) in [6.07, 6.45) is 6.30. The van der Waals surface area contributed by atoms with Crippen molar-refractivity contribution in [1.82, 2.24) is 5.32 Å². The van der Waals surface area contributed by atoms with Crippen LogP contribution in [-0.4, -0.2) is 24.7 Å². The van der Waals surface area contributed by atoms with Gasteiger partial charge in [0.25, 0.3) is 0 Å². The van der Waals surface area contributed by atoms with Gasteiger partial charge < -0.3 is 10.4 Å². The van der Waals surface area contributed by atoms with Crippen molar-refractivity contribution < 1.29 is 9.90 Å². The molecule has 0 radical (unpaired) electrons. The van der Waals surface area contributed by atoms with Gasteiger partial charge >= 0.3 is 5.97 Å². The van der Waals surface area contributed by atoms with E-state index in [0.717, 1.165) is 19.4 Å². The Labute approximate surface area is 86.2 Å². The number of carbonyl (C=O) groups is 1. The van der Waals surface area contributed by atoms with Gasteiger partial charge in [0.2, 0.25) is 0 Å². The summed E-state index contributed by atoms with van der Waals surface area (Å²) in [7, 11) is 1.96. The number of hydrogen-bond acceptors (Lipinski definition) is 2. The van der Waals surface area contributed by atoms with Crippen molar-refractivity contribution >= 4 is 5.97 Å². The Balaban J connectivity index is 3.13. The molecule has 0 fully saturated rings. The lowest BCUT2D eigenvalue weighted by Crippen LogP contribution is -2.06. The lowest BCUT2D eigenvalue weighted by atomic mass is 10.1. The topological polar surface area (TPSA) is 49.3 Å². The Morgan fingerprint density at radius 1 is 1.21 bits per heavy atom. The third-order valence-electron chi connectivity index (χ3n) is 2.21. The number of carboxylic acid groups (broad SMARTS) is 1. The second-order valence-corrected chi connectivity index (χ2v) is 3.53. The highest BCUT2D eigenvalue weighted by atomic mass is 16.4. The van der Waals surface area contributed by atoms with Gasteiger partial charge in [-0.15, -0.1) is 0 Å². The van der Waals surface area contributed by atoms with E-state index in [-0.39, 0.29) is 0 Å². The molecule has 0 rings (SSSR count). The first-order valence-electron chi connectivity index (χ1n) is 5.24. The minimum atomic E-state index is -0.861. The van der Waals surface area contributed by atoms with Crippen LogP contribution in [0.15, 0.2) is 12.2 Å². The molecule has 0 bridgehead atoms. The van der Waals surface area contributed by atoms with Crippen molar-refractivity contribution in [2.75, 3.05) is 13.6 Å². The van der Waals surface area contributed by atoms with E-state index < -0.39 is 5.97 Å². The first-order chi connectivity index (χ1) is 6.68. The lowest BCUT2D eigenvalue weighted by molar-refractivity contribution is -0.132. The van der Waals surface area contributed by atoms with Crippen LogP contribution in [0.3, 0.4) is 0 Å². The highest BCUT2D eigenvalue weighted by Gasteiger charge is 2.02. The molecule has 0 aliphatic rings. The summed E-state index contributed by atoms with van der Waals surface area (Å²) in [5, 5.41) is 11.6. The number of unbranched alkanes of at least 4 members (excludes halogenated alkanes) is 4. The predicted molar refractivity (Wildman–Crippen MR) is 58.4 cm³/mol. The fraction of sp³-hybridized carbons (Fsp3) is 0.727. The maximum atomic E-state index is 10.4. The molecule has 0 spiro atoms. The molecular formula is C11H21NO2. The fourth-order valence-corrected chi connectivity index (χ4v) is 1.28. The van der Waals surface area contributed by atoms with Crippen LogP contribution in [0.1, 0.15) is 38.5 Å². The highest BCUT2D eigenvalue weighted by Crippen LogP contribution is 2.09. The van der Waals surface area contributed by atoms with Crippen molar-refractivity contribution in [3.63, 3.8) is 0 Å². The molecule has 3 nitrogen and oxygen atoms in total. The minimum Gasteiger partial charge on any atom is -0.478 e. The van der Waals surface area contributed by atoms with Gasteiger partial charge in [0.1, 0.15) is 0 Å². The molecule has 14 heavy (non-hydrogen) atoms. The van der Waals surface area contributed by atoms with Gasteiger partial charge in [-0.1, -0.05) is 25.8 Å². The Hall–Kier alpha value is -0.830. The quantitative estimate of drug-likeness (QED) is 0.442. The van der Waals surface area contributed by atoms with E-state index in [1.807, 2.05) is 7.05 Å². The van der Waals surface area contributed by atoms with E-state index >= 15 is 0 Å². The van der Waals surface area contributed by atoms with E-state index in [4.69, 9.17) is 5.11 Å². The molecule has 0 aromatic carbocycles. The van der Waals surface area contributed by atoms with Crippen LogP contribution >= 0.6 is 0 Å². The molecule has 0 atom stereocenters. The van der Waals surface area contributed by atoms with Gasteiger partial charge in [0.15, 0.2) is 0 Å². The third-order valence-corrected chi connectivity index (χ3v) is 2.21. The maximum absolute atomic E-state index is 10.4. The predicted octanol–water partition coefficient (Wildman–Crippen LogP) is 2.19. The molecule has 0 unspecified atom stereocenters. The zero-order chi connectivity index (χ0) is 10.8. The summed E-state index contributed by atoms with van der Waals surface area (Å²) < 4.78 is 0. The second-order valence-electron chi connectivity index (χ2n) is 3.53. The lowest BCUT2D eigenvalue weighted by Gasteiger charge is -2.01. The largest absolute Gasteiger partial charge is 0.478 e. The summed E-state index contributed by atoms with van der Waals surface area (Å²) in [6.45, 7) is 4.56. The highest BCUT2D eigenvalue weighted by molar-refractivity contribution is 5.85. The normalized spacial score (nSPS) is 10.1. The molecule has 0 aromatic heterocycles. The molecular weight excluding hydrogens is 178 g/mol. The van der Waals surface area contributed by atoms with Gasteiger partial charge in [-0.05, 0) is 32.9 Å². The summed E-state index contributed by atoms with van der Waals surface area (Å²) >= 11 is 0. The number of rotatable bonds is 9. The van der Waals surface area contributed by atoms with Crippen molar-refractivity contribution in [2.24, 2.45) is 0 Å². The Kier molecular flexibility index (Phi) is 8.24. The second kappa shape index (κ2) is 8.75. The monoisotopic (exact) mass is 199 g/mol. The Morgan fingerprint density at radius 3 is 2.36 bits per heavy atom. The van der Waals surface area contributed by atoms with Crippen LogP contribution in [0.5, 0.6) is 0 Å². The zero-order valence-corrected chi connectivity index (χ0v) is 9.01. The summed E-state index contributed by atoms with van der Waals surface area (Å²) in [5.41, 5.74) is 0.334. The van der Waals surface area contributed by atoms with E-state index in [1.54, 1.807) is 0 Å². The van der Waals surface area contributed by atoms with Crippen molar-refractivity contribution in [1.29, 1.82) is 0 Å².